The van der Waals surface area contributed by atoms with Crippen LogP contribution in [-0.2, 0) is 10.0 Å². The number of nitrogens with one attached hydrogen (secondary N) is 1. The molecule has 0 aliphatic heterocycles. The Bertz CT molecular complexity index is 552. The largest absolute Gasteiger partial charge is 0.396 e. The van der Waals surface area contributed by atoms with Gasteiger partial charge in [0.25, 0.3) is 0 Å². The van der Waals surface area contributed by atoms with Crippen LogP contribution in [0.25, 0.3) is 0 Å². The number of sulfonamides is 1. The number of nitrogen functional groups attached to an aromatic ring is 1. The van der Waals surface area contributed by atoms with Gasteiger partial charge in [0.15, 0.2) is 5.82 Å². The molecule has 0 aliphatic rings. The summed E-state index contributed by atoms with van der Waals surface area (Å²) in [6, 6.07) is 1.93. The van der Waals surface area contributed by atoms with Crippen LogP contribution in [0.1, 0.15) is 13.3 Å². The fraction of sp³-hybridized carbons (Fsp3) is 0.455. The Kier molecular flexibility index (Phi) is 5.91. The van der Waals surface area contributed by atoms with Crippen molar-refractivity contribution in [2.75, 3.05) is 17.7 Å². The number of nitrogens with two attached hydrogens (primary N) is 1. The average molecular weight is 327 g/mol. The van der Waals surface area contributed by atoms with Gasteiger partial charge in [0.2, 0.25) is 10.0 Å². The standard InChI is InChI=1S/C11H16ClFN2O2S2/c1-7(3-4-18-2)15-19(16,17)10-6-8(12)5-9(14)11(10)13/h5-7,15H,3-4,14H2,1-2H3. The smallest absolute Gasteiger partial charge is 0.243 e. The Hall–Kier alpha value is -0.500. The second-order valence-electron chi connectivity index (χ2n) is 4.11. The highest BCUT2D eigenvalue weighted by atomic mass is 35.5. The van der Waals surface area contributed by atoms with E-state index in [2.05, 4.69) is 4.72 Å². The SMILES string of the molecule is CSCCC(C)NS(=O)(=O)c1cc(Cl)cc(N)c1F. The first-order chi connectivity index (χ1) is 8.77. The predicted molar refractivity (Wildman–Crippen MR) is 78.6 cm³/mol. The average Bonchev–Trinajstić information content (AvgIpc) is 2.30. The molecule has 0 saturated heterocycles. The molecule has 0 bridgehead atoms. The fourth-order valence-corrected chi connectivity index (χ4v) is 3.75. The summed E-state index contributed by atoms with van der Waals surface area (Å²) in [6.07, 6.45) is 2.58. The molecule has 19 heavy (non-hydrogen) atoms. The van der Waals surface area contributed by atoms with Gasteiger partial charge >= 0.3 is 0 Å². The lowest BCUT2D eigenvalue weighted by Gasteiger charge is -2.14. The van der Waals surface area contributed by atoms with Crippen LogP contribution >= 0.6 is 23.4 Å². The molecule has 0 aromatic heterocycles. The van der Waals surface area contributed by atoms with Crippen molar-refractivity contribution >= 4 is 39.1 Å². The van der Waals surface area contributed by atoms with Crippen LogP contribution in [0.3, 0.4) is 0 Å². The van der Waals surface area contributed by atoms with Crippen molar-refractivity contribution in [1.29, 1.82) is 0 Å². The van der Waals surface area contributed by atoms with Gasteiger partial charge in [0, 0.05) is 11.1 Å². The number of benzene rings is 1. The summed E-state index contributed by atoms with van der Waals surface area (Å²) >= 11 is 7.32. The normalized spacial score (nSPS) is 13.5. The van der Waals surface area contributed by atoms with Gasteiger partial charge in [-0.25, -0.2) is 17.5 Å². The molecule has 1 unspecified atom stereocenters. The first kappa shape index (κ1) is 16.6. The Balaban J connectivity index is 3.01. The zero-order chi connectivity index (χ0) is 14.6. The topological polar surface area (TPSA) is 72.2 Å². The molecule has 0 spiro atoms. The maximum absolute atomic E-state index is 13.8. The van der Waals surface area contributed by atoms with Gasteiger partial charge in [-0.2, -0.15) is 11.8 Å². The quantitative estimate of drug-likeness (QED) is 0.788. The molecule has 3 N–H and O–H groups in total. The van der Waals surface area contributed by atoms with Crippen molar-refractivity contribution in [3.63, 3.8) is 0 Å². The summed E-state index contributed by atoms with van der Waals surface area (Å²) in [7, 11) is -3.96. The minimum atomic E-state index is -3.96. The van der Waals surface area contributed by atoms with Crippen LogP contribution in [0.4, 0.5) is 10.1 Å². The molecule has 1 atom stereocenters. The number of rotatable bonds is 6. The Morgan fingerprint density at radius 2 is 2.16 bits per heavy atom. The van der Waals surface area contributed by atoms with E-state index in [-0.39, 0.29) is 16.8 Å². The van der Waals surface area contributed by atoms with E-state index in [4.69, 9.17) is 17.3 Å². The number of thioether (sulfide) groups is 1. The number of halogens is 2. The minimum absolute atomic E-state index is 0.0797. The third-order valence-electron chi connectivity index (χ3n) is 2.43. The molecule has 4 nitrogen and oxygen atoms in total. The van der Waals surface area contributed by atoms with Crippen LogP contribution in [0.5, 0.6) is 0 Å². The number of anilines is 1. The van der Waals surface area contributed by atoms with Crippen molar-refractivity contribution in [3.8, 4) is 0 Å². The number of hydrogen-bond donors (Lipinski definition) is 2. The molecule has 8 heteroatoms. The molecular weight excluding hydrogens is 311 g/mol. The lowest BCUT2D eigenvalue weighted by molar-refractivity contribution is 0.541. The lowest BCUT2D eigenvalue weighted by Crippen LogP contribution is -2.33. The molecule has 0 fully saturated rings. The highest BCUT2D eigenvalue weighted by Gasteiger charge is 2.23. The van der Waals surface area contributed by atoms with E-state index in [0.717, 1.165) is 11.8 Å². The molecule has 1 aromatic rings. The first-order valence-electron chi connectivity index (χ1n) is 5.53. The number of hydrogen-bond acceptors (Lipinski definition) is 4. The highest BCUT2D eigenvalue weighted by Crippen LogP contribution is 2.25. The van der Waals surface area contributed by atoms with Crippen LogP contribution in [0.2, 0.25) is 5.02 Å². The Labute approximate surface area is 121 Å². The van der Waals surface area contributed by atoms with Gasteiger partial charge in [-0.1, -0.05) is 11.6 Å². The van der Waals surface area contributed by atoms with Crippen molar-refractivity contribution in [3.05, 3.63) is 23.0 Å². The third-order valence-corrected chi connectivity index (χ3v) is 4.88. The van der Waals surface area contributed by atoms with Gasteiger partial charge in [0.05, 0.1) is 5.69 Å². The van der Waals surface area contributed by atoms with Crippen LogP contribution in [0.15, 0.2) is 17.0 Å². The molecule has 1 aromatic carbocycles. The summed E-state index contributed by atoms with van der Waals surface area (Å²) in [4.78, 5) is -0.520. The van der Waals surface area contributed by atoms with Crippen LogP contribution < -0.4 is 10.5 Å². The van der Waals surface area contributed by atoms with Crippen LogP contribution in [-0.4, -0.2) is 26.5 Å². The van der Waals surface area contributed by atoms with Gasteiger partial charge in [-0.05, 0) is 37.5 Å². The lowest BCUT2D eigenvalue weighted by atomic mass is 10.3. The summed E-state index contributed by atoms with van der Waals surface area (Å²) in [5.74, 6) is -0.168. The van der Waals surface area contributed by atoms with E-state index < -0.39 is 20.7 Å². The van der Waals surface area contributed by atoms with E-state index in [1.807, 2.05) is 6.26 Å². The molecule has 1 rings (SSSR count). The molecule has 0 radical (unpaired) electrons. The molecule has 0 saturated carbocycles. The van der Waals surface area contributed by atoms with Gasteiger partial charge in [-0.15, -0.1) is 0 Å². The molecule has 0 aliphatic carbocycles. The van der Waals surface area contributed by atoms with E-state index in [1.54, 1.807) is 18.7 Å². The maximum atomic E-state index is 13.8. The minimum Gasteiger partial charge on any atom is -0.396 e. The zero-order valence-electron chi connectivity index (χ0n) is 10.6. The van der Waals surface area contributed by atoms with Crippen LogP contribution in [0, 0.1) is 5.82 Å². The molecule has 0 amide bonds. The third kappa shape index (κ3) is 4.52. The summed E-state index contributed by atoms with van der Waals surface area (Å²) < 4.78 is 40.3. The predicted octanol–water partition coefficient (Wildman–Crippen LogP) is 2.48. The molecular formula is C11H16ClFN2O2S2. The van der Waals surface area contributed by atoms with Crippen molar-refractivity contribution in [2.45, 2.75) is 24.3 Å². The Morgan fingerprint density at radius 1 is 1.53 bits per heavy atom. The van der Waals surface area contributed by atoms with E-state index in [9.17, 15) is 12.8 Å². The van der Waals surface area contributed by atoms with E-state index in [1.165, 1.54) is 6.07 Å². The monoisotopic (exact) mass is 326 g/mol. The van der Waals surface area contributed by atoms with Crippen molar-refractivity contribution in [1.82, 2.24) is 4.72 Å². The van der Waals surface area contributed by atoms with Gasteiger partial charge < -0.3 is 5.73 Å². The van der Waals surface area contributed by atoms with E-state index in [0.29, 0.717) is 6.42 Å². The van der Waals surface area contributed by atoms with Crippen molar-refractivity contribution in [2.24, 2.45) is 0 Å². The highest BCUT2D eigenvalue weighted by molar-refractivity contribution is 7.98. The zero-order valence-corrected chi connectivity index (χ0v) is 13.0. The maximum Gasteiger partial charge on any atom is 0.243 e. The van der Waals surface area contributed by atoms with Crippen molar-refractivity contribution < 1.29 is 12.8 Å². The summed E-state index contributed by atoms with van der Waals surface area (Å²) in [5, 5.41) is 0.0797. The van der Waals surface area contributed by atoms with Gasteiger partial charge in [0.1, 0.15) is 4.90 Å². The Morgan fingerprint density at radius 3 is 2.74 bits per heavy atom. The van der Waals surface area contributed by atoms with E-state index >= 15 is 0 Å². The summed E-state index contributed by atoms with van der Waals surface area (Å²) in [6.45, 7) is 1.72. The van der Waals surface area contributed by atoms with Gasteiger partial charge in [-0.3, -0.25) is 0 Å². The summed E-state index contributed by atoms with van der Waals surface area (Å²) in [5.41, 5.74) is 5.09. The first-order valence-corrected chi connectivity index (χ1v) is 8.79. The second-order valence-corrected chi connectivity index (χ2v) is 7.22. The molecule has 108 valence electrons. The fourth-order valence-electron chi connectivity index (χ4n) is 1.46. The second kappa shape index (κ2) is 6.78. The molecule has 0 heterocycles.